The van der Waals surface area contributed by atoms with Gasteiger partial charge in [0, 0.05) is 12.6 Å². The third-order valence-electron chi connectivity index (χ3n) is 4.13. The van der Waals surface area contributed by atoms with Gasteiger partial charge in [-0.3, -0.25) is 14.6 Å². The second-order valence-electron chi connectivity index (χ2n) is 6.39. The molecule has 5 heteroatoms. The minimum absolute atomic E-state index is 0.0722. The fourth-order valence-corrected chi connectivity index (χ4v) is 2.81. The molecular weight excluding hydrogens is 294 g/mol. The zero-order chi connectivity index (χ0) is 17.2. The Morgan fingerprint density at radius 2 is 2.04 bits per heavy atom. The van der Waals surface area contributed by atoms with Crippen LogP contribution in [0.2, 0.25) is 0 Å². The number of nitrogens with zero attached hydrogens (tertiary/aromatic N) is 1. The number of methoxy groups -OCH3 is 1. The number of aliphatic imine (C=N–C) groups is 1. The van der Waals surface area contributed by atoms with Crippen LogP contribution in [0, 0.1) is 18.3 Å². The summed E-state index contributed by atoms with van der Waals surface area (Å²) < 4.78 is 4.77. The summed E-state index contributed by atoms with van der Waals surface area (Å²) >= 11 is 0. The molecule has 2 rings (SSSR count). The van der Waals surface area contributed by atoms with Crippen LogP contribution in [0.4, 0.5) is 5.69 Å². The second-order valence-corrected chi connectivity index (χ2v) is 6.39. The van der Waals surface area contributed by atoms with Crippen molar-refractivity contribution in [3.8, 4) is 0 Å². The second kappa shape index (κ2) is 6.36. The van der Waals surface area contributed by atoms with Crippen LogP contribution in [-0.4, -0.2) is 30.2 Å². The van der Waals surface area contributed by atoms with Gasteiger partial charge in [0.25, 0.3) is 0 Å². The molecule has 0 spiro atoms. The number of allylic oxidation sites excluding steroid dienone is 1. The number of benzene rings is 1. The maximum Gasteiger partial charge on any atom is 0.316 e. The molecule has 0 fully saturated rings. The number of rotatable bonds is 3. The Labute approximate surface area is 135 Å². The van der Waals surface area contributed by atoms with E-state index >= 15 is 0 Å². The molecule has 1 aliphatic rings. The number of carbonyl (C=O) groups excluding carboxylic acids is 2. The van der Waals surface area contributed by atoms with E-state index < -0.39 is 17.3 Å². The summed E-state index contributed by atoms with van der Waals surface area (Å²) in [5.74, 6) is -1.93. The third-order valence-corrected chi connectivity index (χ3v) is 4.13. The van der Waals surface area contributed by atoms with Crippen molar-refractivity contribution in [3.63, 3.8) is 0 Å². The van der Waals surface area contributed by atoms with Gasteiger partial charge >= 0.3 is 5.97 Å². The molecule has 23 heavy (non-hydrogen) atoms. The third kappa shape index (κ3) is 3.33. The number of ether oxygens (including phenoxy) is 1. The van der Waals surface area contributed by atoms with Gasteiger partial charge in [-0.1, -0.05) is 32.0 Å². The van der Waals surface area contributed by atoms with E-state index in [9.17, 15) is 14.7 Å². The Kier molecular flexibility index (Phi) is 4.68. The van der Waals surface area contributed by atoms with Crippen LogP contribution in [0.5, 0.6) is 0 Å². The van der Waals surface area contributed by atoms with Gasteiger partial charge in [-0.05, 0) is 24.0 Å². The number of carbonyl (C=O) groups is 2. The molecule has 0 radical (unpaired) electrons. The summed E-state index contributed by atoms with van der Waals surface area (Å²) in [7, 11) is 1.27. The fraction of sp³-hybridized carbons (Fsp3) is 0.389. The van der Waals surface area contributed by atoms with Crippen LogP contribution < -0.4 is 0 Å². The number of hydrogen-bond donors (Lipinski definition) is 1. The lowest BCUT2D eigenvalue weighted by atomic mass is 9.68. The van der Waals surface area contributed by atoms with Crippen LogP contribution in [0.1, 0.15) is 25.8 Å². The molecule has 0 aromatic heterocycles. The number of aryl methyl sites for hydroxylation is 1. The minimum atomic E-state index is -0.872. The first-order valence-corrected chi connectivity index (χ1v) is 7.42. The SMILES string of the molecule is COC(=O)[C@@H]1C(O)=C(C=Nc2ccccc2C)C(=O)CC1(C)C. The van der Waals surface area contributed by atoms with E-state index in [1.54, 1.807) is 13.8 Å². The summed E-state index contributed by atoms with van der Waals surface area (Å²) in [5, 5.41) is 10.5. The van der Waals surface area contributed by atoms with E-state index in [2.05, 4.69) is 4.99 Å². The minimum Gasteiger partial charge on any atom is -0.511 e. The Morgan fingerprint density at radius 3 is 2.65 bits per heavy atom. The highest BCUT2D eigenvalue weighted by atomic mass is 16.5. The smallest absolute Gasteiger partial charge is 0.316 e. The Morgan fingerprint density at radius 1 is 1.39 bits per heavy atom. The molecule has 122 valence electrons. The van der Waals surface area contributed by atoms with Crippen molar-refractivity contribution in [2.24, 2.45) is 16.3 Å². The number of aliphatic hydroxyl groups excluding tert-OH is 1. The largest absolute Gasteiger partial charge is 0.511 e. The van der Waals surface area contributed by atoms with E-state index in [1.165, 1.54) is 13.3 Å². The van der Waals surface area contributed by atoms with E-state index in [0.29, 0.717) is 5.69 Å². The summed E-state index contributed by atoms with van der Waals surface area (Å²) in [6, 6.07) is 7.46. The average molecular weight is 315 g/mol. The predicted molar refractivity (Wildman–Crippen MR) is 87.9 cm³/mol. The van der Waals surface area contributed by atoms with E-state index in [0.717, 1.165) is 5.56 Å². The van der Waals surface area contributed by atoms with Gasteiger partial charge < -0.3 is 9.84 Å². The molecule has 0 aliphatic heterocycles. The van der Waals surface area contributed by atoms with Crippen molar-refractivity contribution in [2.75, 3.05) is 7.11 Å². The standard InChI is InChI=1S/C18H21NO4/c1-11-7-5-6-8-13(11)19-10-12-14(20)9-18(2,3)15(16(12)21)17(22)23-4/h5-8,10,15,21H,9H2,1-4H3/t15-/m0/s1. The first kappa shape index (κ1) is 16.9. The Balaban J connectivity index is 2.45. The highest BCUT2D eigenvalue weighted by Crippen LogP contribution is 2.41. The van der Waals surface area contributed by atoms with E-state index in [1.807, 2.05) is 31.2 Å². The molecule has 0 heterocycles. The highest BCUT2D eigenvalue weighted by molar-refractivity contribution is 6.15. The first-order valence-electron chi connectivity index (χ1n) is 7.42. The molecule has 0 bridgehead atoms. The number of hydrogen-bond acceptors (Lipinski definition) is 5. The molecule has 1 aromatic carbocycles. The monoisotopic (exact) mass is 315 g/mol. The van der Waals surface area contributed by atoms with Crippen LogP contribution in [-0.2, 0) is 14.3 Å². The normalized spacial score (nSPS) is 20.9. The molecule has 1 atom stereocenters. The number of para-hydroxylation sites is 1. The molecule has 0 unspecified atom stereocenters. The molecular formula is C18H21NO4. The van der Waals surface area contributed by atoms with Crippen LogP contribution in [0.25, 0.3) is 0 Å². The number of ketones is 1. The summed E-state index contributed by atoms with van der Waals surface area (Å²) in [6.07, 6.45) is 1.48. The van der Waals surface area contributed by atoms with Crippen molar-refractivity contribution in [1.82, 2.24) is 0 Å². The highest BCUT2D eigenvalue weighted by Gasteiger charge is 2.46. The molecule has 0 saturated carbocycles. The summed E-state index contributed by atoms with van der Waals surface area (Å²) in [5.41, 5.74) is 1.04. The van der Waals surface area contributed by atoms with Crippen molar-refractivity contribution in [3.05, 3.63) is 41.2 Å². The van der Waals surface area contributed by atoms with Gasteiger partial charge in [0.2, 0.25) is 0 Å². The quantitative estimate of drug-likeness (QED) is 0.686. The molecule has 0 saturated heterocycles. The van der Waals surface area contributed by atoms with Crippen molar-refractivity contribution < 1.29 is 19.4 Å². The van der Waals surface area contributed by atoms with Crippen molar-refractivity contribution in [2.45, 2.75) is 27.2 Å². The van der Waals surface area contributed by atoms with Gasteiger partial charge in [0.1, 0.15) is 11.7 Å². The molecule has 5 nitrogen and oxygen atoms in total. The number of esters is 1. The van der Waals surface area contributed by atoms with E-state index in [4.69, 9.17) is 4.74 Å². The Bertz CT molecular complexity index is 701. The van der Waals surface area contributed by atoms with Gasteiger partial charge in [-0.15, -0.1) is 0 Å². The maximum atomic E-state index is 12.3. The summed E-state index contributed by atoms with van der Waals surface area (Å²) in [4.78, 5) is 28.6. The van der Waals surface area contributed by atoms with Gasteiger partial charge in [-0.2, -0.15) is 0 Å². The number of Topliss-reactive ketones (excluding diaryl/α,β-unsaturated/α-hetero) is 1. The lowest BCUT2D eigenvalue weighted by Gasteiger charge is -2.35. The maximum absolute atomic E-state index is 12.3. The average Bonchev–Trinajstić information content (AvgIpc) is 2.47. The zero-order valence-corrected chi connectivity index (χ0v) is 13.8. The van der Waals surface area contributed by atoms with Gasteiger partial charge in [-0.25, -0.2) is 0 Å². The lowest BCUT2D eigenvalue weighted by Crippen LogP contribution is -2.40. The summed E-state index contributed by atoms with van der Waals surface area (Å²) in [6.45, 7) is 5.43. The number of aliphatic hydroxyl groups is 1. The predicted octanol–water partition coefficient (Wildman–Crippen LogP) is 3.30. The van der Waals surface area contributed by atoms with E-state index in [-0.39, 0.29) is 23.5 Å². The van der Waals surface area contributed by atoms with Gasteiger partial charge in [0.15, 0.2) is 5.78 Å². The Hall–Kier alpha value is -2.43. The zero-order valence-electron chi connectivity index (χ0n) is 13.8. The first-order chi connectivity index (χ1) is 10.8. The van der Waals surface area contributed by atoms with Crippen LogP contribution >= 0.6 is 0 Å². The fourth-order valence-electron chi connectivity index (χ4n) is 2.81. The lowest BCUT2D eigenvalue weighted by molar-refractivity contribution is -0.150. The van der Waals surface area contributed by atoms with Crippen LogP contribution in [0.3, 0.4) is 0 Å². The topological polar surface area (TPSA) is 76.0 Å². The molecule has 1 N–H and O–H groups in total. The van der Waals surface area contributed by atoms with Crippen molar-refractivity contribution in [1.29, 1.82) is 0 Å². The van der Waals surface area contributed by atoms with Crippen LogP contribution in [0.15, 0.2) is 40.6 Å². The molecule has 1 aromatic rings. The van der Waals surface area contributed by atoms with Crippen molar-refractivity contribution >= 4 is 23.7 Å². The molecule has 0 amide bonds. The molecule has 1 aliphatic carbocycles. The van der Waals surface area contributed by atoms with Gasteiger partial charge in [0.05, 0.1) is 18.4 Å².